The second-order valence-electron chi connectivity index (χ2n) is 6.55. The monoisotopic (exact) mass is 270 g/mol. The minimum absolute atomic E-state index is 0.299. The lowest BCUT2D eigenvalue weighted by atomic mass is 9.88. The molecule has 1 rings (SSSR count). The third-order valence-corrected chi connectivity index (χ3v) is 3.46. The molecule has 0 bridgehead atoms. The van der Waals surface area contributed by atoms with Crippen molar-refractivity contribution in [2.24, 2.45) is 5.92 Å². The molecule has 4 nitrogen and oxygen atoms in total. The Bertz CT molecular complexity index is 272. The van der Waals surface area contributed by atoms with Gasteiger partial charge in [0.2, 0.25) is 0 Å². The third-order valence-electron chi connectivity index (χ3n) is 3.46. The second kappa shape index (κ2) is 7.73. The number of ether oxygens (including phenoxy) is 1. The Morgan fingerprint density at radius 1 is 1.37 bits per heavy atom. The van der Waals surface area contributed by atoms with Crippen molar-refractivity contribution >= 4 is 6.09 Å². The zero-order valence-electron chi connectivity index (χ0n) is 12.9. The molecule has 1 heterocycles. The van der Waals surface area contributed by atoms with Gasteiger partial charge in [-0.05, 0) is 58.9 Å². The Morgan fingerprint density at radius 2 is 2.11 bits per heavy atom. The first-order valence-corrected chi connectivity index (χ1v) is 7.61. The van der Waals surface area contributed by atoms with Gasteiger partial charge >= 0.3 is 6.09 Å². The molecule has 112 valence electrons. The van der Waals surface area contributed by atoms with Gasteiger partial charge in [-0.25, -0.2) is 4.79 Å². The molecule has 0 aromatic heterocycles. The molecule has 0 spiro atoms. The molecule has 2 N–H and O–H groups in total. The van der Waals surface area contributed by atoms with E-state index in [1.807, 2.05) is 20.8 Å². The molecule has 1 saturated heterocycles. The lowest BCUT2D eigenvalue weighted by molar-refractivity contribution is 0.0523. The SMILES string of the molecule is CCCC1CC(CCNC(=O)OC(C)(C)C)CCN1. The summed E-state index contributed by atoms with van der Waals surface area (Å²) >= 11 is 0. The van der Waals surface area contributed by atoms with E-state index in [1.165, 1.54) is 25.7 Å². The predicted molar refractivity (Wildman–Crippen MR) is 78.3 cm³/mol. The molecular weight excluding hydrogens is 240 g/mol. The summed E-state index contributed by atoms with van der Waals surface area (Å²) in [5.41, 5.74) is -0.412. The normalized spacial score (nSPS) is 24.0. The second-order valence-corrected chi connectivity index (χ2v) is 6.55. The van der Waals surface area contributed by atoms with Crippen LogP contribution in [0.5, 0.6) is 0 Å². The molecule has 0 radical (unpaired) electrons. The maximum absolute atomic E-state index is 11.5. The van der Waals surface area contributed by atoms with Gasteiger partial charge in [0, 0.05) is 12.6 Å². The molecule has 1 fully saturated rings. The van der Waals surface area contributed by atoms with E-state index in [1.54, 1.807) is 0 Å². The van der Waals surface area contributed by atoms with Crippen molar-refractivity contribution in [2.75, 3.05) is 13.1 Å². The van der Waals surface area contributed by atoms with Crippen molar-refractivity contribution in [1.29, 1.82) is 0 Å². The van der Waals surface area contributed by atoms with Crippen molar-refractivity contribution in [3.8, 4) is 0 Å². The zero-order valence-corrected chi connectivity index (χ0v) is 12.9. The van der Waals surface area contributed by atoms with E-state index < -0.39 is 5.60 Å². The highest BCUT2D eigenvalue weighted by Gasteiger charge is 2.21. The maximum atomic E-state index is 11.5. The van der Waals surface area contributed by atoms with E-state index in [9.17, 15) is 4.79 Å². The van der Waals surface area contributed by atoms with E-state index in [0.717, 1.165) is 25.4 Å². The third kappa shape index (κ3) is 7.41. The van der Waals surface area contributed by atoms with Gasteiger partial charge in [0.15, 0.2) is 0 Å². The van der Waals surface area contributed by atoms with Gasteiger partial charge in [-0.2, -0.15) is 0 Å². The topological polar surface area (TPSA) is 50.4 Å². The van der Waals surface area contributed by atoms with Crippen LogP contribution in [-0.2, 0) is 4.74 Å². The Labute approximate surface area is 117 Å². The summed E-state index contributed by atoms with van der Waals surface area (Å²) in [6.07, 6.45) is 5.71. The van der Waals surface area contributed by atoms with Gasteiger partial charge in [-0.1, -0.05) is 13.3 Å². The highest BCUT2D eigenvalue weighted by molar-refractivity contribution is 5.67. The fourth-order valence-corrected chi connectivity index (χ4v) is 2.62. The molecule has 2 unspecified atom stereocenters. The van der Waals surface area contributed by atoms with Crippen molar-refractivity contribution in [3.63, 3.8) is 0 Å². The summed E-state index contributed by atoms with van der Waals surface area (Å²) in [7, 11) is 0. The van der Waals surface area contributed by atoms with Gasteiger partial charge in [0.05, 0.1) is 0 Å². The van der Waals surface area contributed by atoms with E-state index in [0.29, 0.717) is 6.04 Å². The summed E-state index contributed by atoms with van der Waals surface area (Å²) in [6.45, 7) is 9.72. The minimum atomic E-state index is -0.412. The molecular formula is C15H30N2O2. The number of carbonyl (C=O) groups excluding carboxylic acids is 1. The largest absolute Gasteiger partial charge is 0.444 e. The van der Waals surface area contributed by atoms with Crippen molar-refractivity contribution in [1.82, 2.24) is 10.6 Å². The molecule has 0 aliphatic carbocycles. The van der Waals surface area contributed by atoms with Gasteiger partial charge in [-0.3, -0.25) is 0 Å². The molecule has 0 aromatic carbocycles. The average Bonchev–Trinajstić information content (AvgIpc) is 2.27. The predicted octanol–water partition coefficient (Wildman–Crippen LogP) is 3.07. The van der Waals surface area contributed by atoms with Crippen LogP contribution in [-0.4, -0.2) is 30.8 Å². The van der Waals surface area contributed by atoms with Gasteiger partial charge in [-0.15, -0.1) is 0 Å². The summed E-state index contributed by atoms with van der Waals surface area (Å²) in [5.74, 6) is 0.729. The van der Waals surface area contributed by atoms with Crippen LogP contribution in [0.15, 0.2) is 0 Å². The fourth-order valence-electron chi connectivity index (χ4n) is 2.62. The quantitative estimate of drug-likeness (QED) is 0.807. The molecule has 1 aliphatic heterocycles. The fraction of sp³-hybridized carbons (Fsp3) is 0.933. The number of carbonyl (C=O) groups is 1. The Kier molecular flexibility index (Phi) is 6.63. The lowest BCUT2D eigenvalue weighted by Crippen LogP contribution is -2.39. The van der Waals surface area contributed by atoms with Gasteiger partial charge in [0.25, 0.3) is 0 Å². The van der Waals surface area contributed by atoms with Crippen LogP contribution >= 0.6 is 0 Å². The van der Waals surface area contributed by atoms with E-state index in [2.05, 4.69) is 17.6 Å². The van der Waals surface area contributed by atoms with E-state index in [-0.39, 0.29) is 6.09 Å². The molecule has 4 heteroatoms. The van der Waals surface area contributed by atoms with E-state index in [4.69, 9.17) is 4.74 Å². The number of amides is 1. The summed E-state index contributed by atoms with van der Waals surface area (Å²) in [4.78, 5) is 11.5. The summed E-state index contributed by atoms with van der Waals surface area (Å²) in [5, 5.41) is 6.42. The number of hydrogen-bond acceptors (Lipinski definition) is 3. The number of alkyl carbamates (subject to hydrolysis) is 1. The highest BCUT2D eigenvalue weighted by atomic mass is 16.6. The van der Waals surface area contributed by atoms with Crippen LogP contribution in [0.25, 0.3) is 0 Å². The van der Waals surface area contributed by atoms with Crippen molar-refractivity contribution < 1.29 is 9.53 Å². The first-order chi connectivity index (χ1) is 8.90. The first kappa shape index (κ1) is 16.3. The Balaban J connectivity index is 2.16. The molecule has 0 aromatic rings. The van der Waals surface area contributed by atoms with Crippen molar-refractivity contribution in [2.45, 2.75) is 71.4 Å². The molecule has 1 aliphatic rings. The first-order valence-electron chi connectivity index (χ1n) is 7.61. The standard InChI is InChI=1S/C15H30N2O2/c1-5-6-13-11-12(7-9-16-13)8-10-17-14(18)19-15(2,3)4/h12-13,16H,5-11H2,1-4H3,(H,17,18). The summed E-state index contributed by atoms with van der Waals surface area (Å²) < 4.78 is 5.22. The molecule has 0 saturated carbocycles. The average molecular weight is 270 g/mol. The highest BCUT2D eigenvalue weighted by Crippen LogP contribution is 2.21. The van der Waals surface area contributed by atoms with Crippen LogP contribution in [0.4, 0.5) is 4.79 Å². The number of piperidine rings is 1. The molecule has 19 heavy (non-hydrogen) atoms. The van der Waals surface area contributed by atoms with Crippen LogP contribution in [0.2, 0.25) is 0 Å². The zero-order chi connectivity index (χ0) is 14.3. The molecule has 2 atom stereocenters. The lowest BCUT2D eigenvalue weighted by Gasteiger charge is -2.30. The van der Waals surface area contributed by atoms with E-state index >= 15 is 0 Å². The number of rotatable bonds is 5. The smallest absolute Gasteiger partial charge is 0.407 e. The number of hydrogen-bond donors (Lipinski definition) is 2. The van der Waals surface area contributed by atoms with Gasteiger partial charge in [0.1, 0.15) is 5.60 Å². The van der Waals surface area contributed by atoms with Crippen LogP contribution in [0.1, 0.15) is 59.8 Å². The summed E-state index contributed by atoms with van der Waals surface area (Å²) in [6, 6.07) is 0.672. The van der Waals surface area contributed by atoms with Gasteiger partial charge < -0.3 is 15.4 Å². The molecule has 1 amide bonds. The Morgan fingerprint density at radius 3 is 2.74 bits per heavy atom. The van der Waals surface area contributed by atoms with Crippen LogP contribution in [0, 0.1) is 5.92 Å². The Hall–Kier alpha value is -0.770. The van der Waals surface area contributed by atoms with Crippen molar-refractivity contribution in [3.05, 3.63) is 0 Å². The minimum Gasteiger partial charge on any atom is -0.444 e. The number of nitrogens with one attached hydrogen (secondary N) is 2. The van der Waals surface area contributed by atoms with Crippen LogP contribution in [0.3, 0.4) is 0 Å². The van der Waals surface area contributed by atoms with Crippen LogP contribution < -0.4 is 10.6 Å². The maximum Gasteiger partial charge on any atom is 0.407 e.